The van der Waals surface area contributed by atoms with Crippen LogP contribution in [0.1, 0.15) is 54.4 Å². The maximum Gasteiger partial charge on any atom is 0.303 e. The van der Waals surface area contributed by atoms with E-state index in [9.17, 15) is 9.59 Å². The van der Waals surface area contributed by atoms with E-state index in [0.717, 1.165) is 24.8 Å². The number of unbranched alkanes of at least 4 members (excludes halogenated alkanes) is 3. The van der Waals surface area contributed by atoms with Gasteiger partial charge in [0.15, 0.2) is 5.78 Å². The van der Waals surface area contributed by atoms with Crippen molar-refractivity contribution in [3.8, 4) is 5.75 Å². The molecule has 1 rings (SSSR count). The lowest BCUT2D eigenvalue weighted by Gasteiger charge is -2.08. The summed E-state index contributed by atoms with van der Waals surface area (Å²) in [5, 5.41) is 8.52. The molecule has 0 saturated heterocycles. The van der Waals surface area contributed by atoms with E-state index in [4.69, 9.17) is 9.84 Å². The predicted molar refractivity (Wildman–Crippen MR) is 77.4 cm³/mol. The highest BCUT2D eigenvalue weighted by molar-refractivity contribution is 5.98. The molecule has 0 radical (unpaired) electrons. The summed E-state index contributed by atoms with van der Waals surface area (Å²) in [6, 6.07) is 5.59. The number of hydrogen-bond donors (Lipinski definition) is 1. The van der Waals surface area contributed by atoms with Gasteiger partial charge in [-0.25, -0.2) is 0 Å². The summed E-state index contributed by atoms with van der Waals surface area (Å²) >= 11 is 0. The van der Waals surface area contributed by atoms with Crippen LogP contribution < -0.4 is 4.74 Å². The first-order chi connectivity index (χ1) is 9.54. The number of Topliss-reactive ketones (excluding diaryl/α,β-unsaturated/α-hetero) is 1. The molecule has 0 amide bonds. The quantitative estimate of drug-likeness (QED) is 0.553. The lowest BCUT2D eigenvalue weighted by molar-refractivity contribution is -0.137. The van der Waals surface area contributed by atoms with E-state index < -0.39 is 5.97 Å². The number of carboxylic acids is 1. The number of rotatable bonds is 9. The van der Waals surface area contributed by atoms with Gasteiger partial charge < -0.3 is 9.84 Å². The number of aryl methyl sites for hydroxylation is 1. The molecule has 0 atom stereocenters. The number of hydrogen-bond acceptors (Lipinski definition) is 3. The van der Waals surface area contributed by atoms with Crippen molar-refractivity contribution in [2.75, 3.05) is 7.11 Å². The van der Waals surface area contributed by atoms with Crippen molar-refractivity contribution in [3.63, 3.8) is 0 Å². The standard InChI is InChI=1S/C16H22O4/c1-12-9-10-15(20-2)13(11-12)14(17)7-5-3-4-6-8-16(18)19/h9-11H,3-8H2,1-2H3,(H,18,19). The van der Waals surface area contributed by atoms with Crippen LogP contribution in [0.2, 0.25) is 0 Å². The molecule has 1 aromatic rings. The summed E-state index contributed by atoms with van der Waals surface area (Å²) in [7, 11) is 1.56. The topological polar surface area (TPSA) is 63.6 Å². The van der Waals surface area contributed by atoms with E-state index in [-0.39, 0.29) is 12.2 Å². The Balaban J connectivity index is 2.39. The number of methoxy groups -OCH3 is 1. The number of carbonyl (C=O) groups is 2. The molecular formula is C16H22O4. The third kappa shape index (κ3) is 5.43. The smallest absolute Gasteiger partial charge is 0.303 e. The molecular weight excluding hydrogens is 256 g/mol. The van der Waals surface area contributed by atoms with Gasteiger partial charge in [0.05, 0.1) is 12.7 Å². The molecule has 1 N–H and O–H groups in total. The van der Waals surface area contributed by atoms with Gasteiger partial charge in [0, 0.05) is 12.8 Å². The lowest BCUT2D eigenvalue weighted by Crippen LogP contribution is -2.03. The lowest BCUT2D eigenvalue weighted by atomic mass is 10.0. The normalized spacial score (nSPS) is 10.3. The third-order valence-corrected chi connectivity index (χ3v) is 3.20. The van der Waals surface area contributed by atoms with Crippen molar-refractivity contribution >= 4 is 11.8 Å². The maximum absolute atomic E-state index is 12.1. The highest BCUT2D eigenvalue weighted by Gasteiger charge is 2.12. The maximum atomic E-state index is 12.1. The average molecular weight is 278 g/mol. The van der Waals surface area contributed by atoms with E-state index in [1.807, 2.05) is 25.1 Å². The second kappa shape index (κ2) is 8.35. The molecule has 0 aliphatic carbocycles. The van der Waals surface area contributed by atoms with Crippen LogP contribution in [0.3, 0.4) is 0 Å². The third-order valence-electron chi connectivity index (χ3n) is 3.20. The van der Waals surface area contributed by atoms with Gasteiger partial charge in [-0.1, -0.05) is 24.5 Å². The van der Waals surface area contributed by atoms with E-state index in [0.29, 0.717) is 24.2 Å². The van der Waals surface area contributed by atoms with Crippen molar-refractivity contribution in [2.45, 2.75) is 45.4 Å². The Kier molecular flexibility index (Phi) is 6.77. The number of aliphatic carboxylic acids is 1. The summed E-state index contributed by atoms with van der Waals surface area (Å²) in [5.74, 6) is -0.0548. The zero-order valence-corrected chi connectivity index (χ0v) is 12.1. The summed E-state index contributed by atoms with van der Waals surface area (Å²) < 4.78 is 5.21. The minimum Gasteiger partial charge on any atom is -0.496 e. The first-order valence-electron chi connectivity index (χ1n) is 6.94. The van der Waals surface area contributed by atoms with Gasteiger partial charge >= 0.3 is 5.97 Å². The van der Waals surface area contributed by atoms with Crippen LogP contribution in [0.5, 0.6) is 5.75 Å². The fourth-order valence-electron chi connectivity index (χ4n) is 2.09. The molecule has 1 aromatic carbocycles. The summed E-state index contributed by atoms with van der Waals surface area (Å²) in [5.41, 5.74) is 1.67. The molecule has 0 heterocycles. The van der Waals surface area contributed by atoms with Gasteiger partial charge in [0.25, 0.3) is 0 Å². The van der Waals surface area contributed by atoms with Crippen LogP contribution in [0.15, 0.2) is 18.2 Å². The largest absolute Gasteiger partial charge is 0.496 e. The van der Waals surface area contributed by atoms with Crippen molar-refractivity contribution in [1.29, 1.82) is 0 Å². The average Bonchev–Trinajstić information content (AvgIpc) is 2.42. The zero-order chi connectivity index (χ0) is 15.0. The van der Waals surface area contributed by atoms with E-state index in [1.54, 1.807) is 7.11 Å². The van der Waals surface area contributed by atoms with E-state index >= 15 is 0 Å². The summed E-state index contributed by atoms with van der Waals surface area (Å²) in [4.78, 5) is 22.5. The fourth-order valence-corrected chi connectivity index (χ4v) is 2.09. The van der Waals surface area contributed by atoms with Crippen molar-refractivity contribution in [2.24, 2.45) is 0 Å². The monoisotopic (exact) mass is 278 g/mol. The minimum absolute atomic E-state index is 0.0868. The van der Waals surface area contributed by atoms with Crippen LogP contribution in [0.4, 0.5) is 0 Å². The summed E-state index contributed by atoms with van der Waals surface area (Å²) in [6.07, 6.45) is 3.89. The van der Waals surface area contributed by atoms with Gasteiger partial charge in [-0.05, 0) is 31.9 Å². The van der Waals surface area contributed by atoms with Crippen LogP contribution in [0, 0.1) is 6.92 Å². The Morgan fingerprint density at radius 3 is 2.35 bits per heavy atom. The van der Waals surface area contributed by atoms with Gasteiger partial charge in [-0.2, -0.15) is 0 Å². The Morgan fingerprint density at radius 1 is 1.10 bits per heavy atom. The second-order valence-electron chi connectivity index (χ2n) is 4.93. The molecule has 0 saturated carbocycles. The Bertz CT molecular complexity index is 466. The molecule has 0 aliphatic heterocycles. The molecule has 0 unspecified atom stereocenters. The molecule has 0 fully saturated rings. The predicted octanol–water partition coefficient (Wildman–Crippen LogP) is 3.61. The fraction of sp³-hybridized carbons (Fsp3) is 0.500. The van der Waals surface area contributed by atoms with Gasteiger partial charge in [0.2, 0.25) is 0 Å². The molecule has 0 aromatic heterocycles. The molecule has 110 valence electrons. The molecule has 0 aliphatic rings. The van der Waals surface area contributed by atoms with E-state index in [2.05, 4.69) is 0 Å². The number of carbonyl (C=O) groups excluding carboxylic acids is 1. The van der Waals surface area contributed by atoms with Gasteiger partial charge in [-0.15, -0.1) is 0 Å². The van der Waals surface area contributed by atoms with Crippen molar-refractivity contribution in [3.05, 3.63) is 29.3 Å². The van der Waals surface area contributed by atoms with Crippen LogP contribution in [0.25, 0.3) is 0 Å². The first kappa shape index (κ1) is 16.2. The Hall–Kier alpha value is -1.84. The minimum atomic E-state index is -0.759. The Labute approximate surface area is 119 Å². The number of carboxylic acid groups (broad SMARTS) is 1. The zero-order valence-electron chi connectivity index (χ0n) is 12.1. The van der Waals surface area contributed by atoms with Gasteiger partial charge in [-0.3, -0.25) is 9.59 Å². The number of ketones is 1. The van der Waals surface area contributed by atoms with Crippen LogP contribution in [-0.4, -0.2) is 24.0 Å². The molecule has 4 nitrogen and oxygen atoms in total. The highest BCUT2D eigenvalue weighted by Crippen LogP contribution is 2.22. The second-order valence-corrected chi connectivity index (χ2v) is 4.93. The number of benzene rings is 1. The van der Waals surface area contributed by atoms with E-state index in [1.165, 1.54) is 0 Å². The van der Waals surface area contributed by atoms with Crippen molar-refractivity contribution in [1.82, 2.24) is 0 Å². The first-order valence-corrected chi connectivity index (χ1v) is 6.94. The molecule has 0 spiro atoms. The highest BCUT2D eigenvalue weighted by atomic mass is 16.5. The molecule has 0 bridgehead atoms. The molecule has 20 heavy (non-hydrogen) atoms. The summed E-state index contributed by atoms with van der Waals surface area (Å²) in [6.45, 7) is 1.95. The Morgan fingerprint density at radius 2 is 1.75 bits per heavy atom. The van der Waals surface area contributed by atoms with Gasteiger partial charge in [0.1, 0.15) is 5.75 Å². The van der Waals surface area contributed by atoms with Crippen molar-refractivity contribution < 1.29 is 19.4 Å². The molecule has 4 heteroatoms. The van der Waals surface area contributed by atoms with Crippen LogP contribution in [-0.2, 0) is 4.79 Å². The number of ether oxygens (including phenoxy) is 1. The van der Waals surface area contributed by atoms with Crippen LogP contribution >= 0.6 is 0 Å². The SMILES string of the molecule is COc1ccc(C)cc1C(=O)CCCCCCC(=O)O.